The van der Waals surface area contributed by atoms with Crippen molar-refractivity contribution in [2.45, 2.75) is 31.6 Å². The van der Waals surface area contributed by atoms with Gasteiger partial charge in [0.2, 0.25) is 0 Å². The molecule has 1 aliphatic heterocycles. The normalized spacial score (nSPS) is 23.4. The van der Waals surface area contributed by atoms with Crippen molar-refractivity contribution < 1.29 is 9.13 Å². The Kier molecular flexibility index (Phi) is 4.11. The van der Waals surface area contributed by atoms with Gasteiger partial charge in [0.1, 0.15) is 0 Å². The Morgan fingerprint density at radius 3 is 2.89 bits per heavy atom. The fourth-order valence-electron chi connectivity index (χ4n) is 1.93. The number of aliphatic imine (C=N–C) groups is 1. The molecule has 18 heavy (non-hydrogen) atoms. The maximum atomic E-state index is 13.3. The predicted octanol–water partition coefficient (Wildman–Crippen LogP) is 3.52. The van der Waals surface area contributed by atoms with E-state index in [4.69, 9.17) is 4.74 Å². The number of nitrogens with one attached hydrogen (secondary N) is 1. The third-order valence-corrected chi connectivity index (χ3v) is 3.75. The minimum absolute atomic E-state index is 0.238. The van der Waals surface area contributed by atoms with E-state index in [2.05, 4.69) is 24.2 Å². The molecule has 2 rings (SSSR count). The van der Waals surface area contributed by atoms with Crippen LogP contribution in [0.25, 0.3) is 0 Å². The predicted molar refractivity (Wildman–Crippen MR) is 75.1 cm³/mol. The second-order valence-corrected chi connectivity index (χ2v) is 5.85. The van der Waals surface area contributed by atoms with Crippen LogP contribution in [0.1, 0.15) is 20.3 Å². The van der Waals surface area contributed by atoms with Gasteiger partial charge in [0.25, 0.3) is 0 Å². The molecule has 2 unspecified atom stereocenters. The average Bonchev–Trinajstić information content (AvgIpc) is 2.30. The fourth-order valence-corrected chi connectivity index (χ4v) is 3.10. The summed E-state index contributed by atoms with van der Waals surface area (Å²) in [4.78, 5) is 4.54. The third-order valence-electron chi connectivity index (χ3n) is 2.73. The lowest BCUT2D eigenvalue weighted by Gasteiger charge is -2.23. The molecule has 1 heterocycles. The highest BCUT2D eigenvalue weighted by molar-refractivity contribution is 8.14. The molecule has 1 aromatic carbocycles. The molecule has 98 valence electrons. The van der Waals surface area contributed by atoms with Gasteiger partial charge in [-0.15, -0.1) is 0 Å². The number of ether oxygens (including phenoxy) is 1. The van der Waals surface area contributed by atoms with Crippen LogP contribution in [0.15, 0.2) is 23.2 Å². The second kappa shape index (κ2) is 5.61. The molecule has 3 nitrogen and oxygen atoms in total. The van der Waals surface area contributed by atoms with Crippen LogP contribution in [0.3, 0.4) is 0 Å². The lowest BCUT2D eigenvalue weighted by atomic mass is 10.2. The molecule has 0 bridgehead atoms. The van der Waals surface area contributed by atoms with E-state index in [0.717, 1.165) is 17.3 Å². The lowest BCUT2D eigenvalue weighted by molar-refractivity contribution is 0.387. The number of nitrogens with zero attached hydrogens (tertiary/aromatic N) is 1. The van der Waals surface area contributed by atoms with E-state index in [-0.39, 0.29) is 11.6 Å². The Bertz CT molecular complexity index is 464. The van der Waals surface area contributed by atoms with Crippen molar-refractivity contribution in [1.82, 2.24) is 0 Å². The van der Waals surface area contributed by atoms with Crippen molar-refractivity contribution in [3.05, 3.63) is 24.0 Å². The number of hydrogen-bond donors (Lipinski definition) is 1. The molecule has 0 radical (unpaired) electrons. The Hall–Kier alpha value is -1.23. The molecule has 0 amide bonds. The van der Waals surface area contributed by atoms with Crippen molar-refractivity contribution in [2.24, 2.45) is 4.99 Å². The van der Waals surface area contributed by atoms with Crippen LogP contribution in [0, 0.1) is 5.82 Å². The first-order valence-electron chi connectivity index (χ1n) is 5.93. The SMILES string of the molecule is COc1cc(NC2=NC(C)CC(C)S2)ccc1F. The molecular weight excluding hydrogens is 251 g/mol. The monoisotopic (exact) mass is 268 g/mol. The largest absolute Gasteiger partial charge is 0.494 e. The van der Waals surface area contributed by atoms with Gasteiger partial charge in [-0.25, -0.2) is 4.39 Å². The summed E-state index contributed by atoms with van der Waals surface area (Å²) >= 11 is 1.71. The molecular formula is C13H17FN2OS. The number of benzene rings is 1. The van der Waals surface area contributed by atoms with Crippen molar-refractivity contribution in [3.8, 4) is 5.75 Å². The highest BCUT2D eigenvalue weighted by Gasteiger charge is 2.18. The van der Waals surface area contributed by atoms with Gasteiger partial charge in [0.05, 0.1) is 13.2 Å². The zero-order valence-corrected chi connectivity index (χ0v) is 11.6. The van der Waals surface area contributed by atoms with E-state index in [1.54, 1.807) is 23.9 Å². The standard InChI is InChI=1S/C13H17FN2OS/c1-8-6-9(2)18-13(15-8)16-10-4-5-11(14)12(7-10)17-3/h4-5,7-9H,6H2,1-3H3,(H,15,16). The van der Waals surface area contributed by atoms with E-state index in [9.17, 15) is 4.39 Å². The maximum absolute atomic E-state index is 13.3. The summed E-state index contributed by atoms with van der Waals surface area (Å²) in [6, 6.07) is 5.04. The quantitative estimate of drug-likeness (QED) is 0.891. The van der Waals surface area contributed by atoms with Crippen LogP contribution in [-0.2, 0) is 0 Å². The highest BCUT2D eigenvalue weighted by atomic mass is 32.2. The molecule has 0 fully saturated rings. The summed E-state index contributed by atoms with van der Waals surface area (Å²) in [5.74, 6) is -0.120. The summed E-state index contributed by atoms with van der Waals surface area (Å²) in [6.45, 7) is 4.28. The van der Waals surface area contributed by atoms with Crippen molar-refractivity contribution in [3.63, 3.8) is 0 Å². The Morgan fingerprint density at radius 1 is 1.44 bits per heavy atom. The van der Waals surface area contributed by atoms with Crippen molar-refractivity contribution >= 4 is 22.6 Å². The molecule has 0 saturated carbocycles. The highest BCUT2D eigenvalue weighted by Crippen LogP contribution is 2.27. The topological polar surface area (TPSA) is 33.6 Å². The number of hydrogen-bond acceptors (Lipinski definition) is 4. The summed E-state index contributed by atoms with van der Waals surface area (Å²) in [5.41, 5.74) is 0.792. The van der Waals surface area contributed by atoms with Gasteiger partial charge in [-0.2, -0.15) is 0 Å². The number of anilines is 1. The zero-order chi connectivity index (χ0) is 13.1. The Labute approximate surface area is 111 Å². The summed E-state index contributed by atoms with van der Waals surface area (Å²) < 4.78 is 18.2. The molecule has 0 saturated heterocycles. The van der Waals surface area contributed by atoms with Gasteiger partial charge in [-0.05, 0) is 25.5 Å². The Morgan fingerprint density at radius 2 is 2.22 bits per heavy atom. The zero-order valence-electron chi connectivity index (χ0n) is 10.7. The van der Waals surface area contributed by atoms with Crippen LogP contribution in [0.5, 0.6) is 5.75 Å². The van der Waals surface area contributed by atoms with E-state index in [1.165, 1.54) is 13.2 Å². The van der Waals surface area contributed by atoms with Crippen LogP contribution in [0.2, 0.25) is 0 Å². The molecule has 0 aliphatic carbocycles. The van der Waals surface area contributed by atoms with Crippen LogP contribution in [0.4, 0.5) is 10.1 Å². The van der Waals surface area contributed by atoms with Crippen molar-refractivity contribution in [1.29, 1.82) is 0 Å². The minimum atomic E-state index is -0.358. The van der Waals surface area contributed by atoms with Gasteiger partial charge in [0.15, 0.2) is 16.7 Å². The van der Waals surface area contributed by atoms with Crippen LogP contribution < -0.4 is 10.1 Å². The summed E-state index contributed by atoms with van der Waals surface area (Å²) in [7, 11) is 1.46. The minimum Gasteiger partial charge on any atom is -0.494 e. The van der Waals surface area contributed by atoms with E-state index < -0.39 is 0 Å². The van der Waals surface area contributed by atoms with Crippen molar-refractivity contribution in [2.75, 3.05) is 12.4 Å². The molecule has 1 N–H and O–H groups in total. The van der Waals surface area contributed by atoms with Gasteiger partial charge < -0.3 is 10.1 Å². The average molecular weight is 268 g/mol. The van der Waals surface area contributed by atoms with E-state index in [0.29, 0.717) is 11.3 Å². The smallest absolute Gasteiger partial charge is 0.165 e. The second-order valence-electron chi connectivity index (χ2n) is 4.42. The molecule has 2 atom stereocenters. The number of thioether (sulfide) groups is 1. The molecule has 1 aromatic rings. The first-order valence-corrected chi connectivity index (χ1v) is 6.81. The summed E-state index contributed by atoms with van der Waals surface area (Å²) in [5, 5.41) is 4.64. The molecule has 1 aliphatic rings. The Balaban J connectivity index is 2.14. The molecule has 0 spiro atoms. The first kappa shape index (κ1) is 13.2. The number of amidine groups is 1. The van der Waals surface area contributed by atoms with Gasteiger partial charge in [-0.3, -0.25) is 4.99 Å². The van der Waals surface area contributed by atoms with Gasteiger partial charge >= 0.3 is 0 Å². The number of rotatable bonds is 2. The molecule has 0 aromatic heterocycles. The fraction of sp³-hybridized carbons (Fsp3) is 0.462. The lowest BCUT2D eigenvalue weighted by Crippen LogP contribution is -2.22. The molecule has 5 heteroatoms. The first-order chi connectivity index (χ1) is 8.58. The van der Waals surface area contributed by atoms with Gasteiger partial charge in [0, 0.05) is 17.0 Å². The third kappa shape index (κ3) is 3.16. The maximum Gasteiger partial charge on any atom is 0.165 e. The summed E-state index contributed by atoms with van der Waals surface area (Å²) in [6.07, 6.45) is 1.09. The van der Waals surface area contributed by atoms with E-state index in [1.807, 2.05) is 0 Å². The number of methoxy groups -OCH3 is 1. The van der Waals surface area contributed by atoms with Gasteiger partial charge in [-0.1, -0.05) is 18.7 Å². The number of halogens is 1. The van der Waals surface area contributed by atoms with E-state index >= 15 is 0 Å². The van der Waals surface area contributed by atoms with Crippen LogP contribution >= 0.6 is 11.8 Å². The van der Waals surface area contributed by atoms with Crippen LogP contribution in [-0.4, -0.2) is 23.6 Å².